The van der Waals surface area contributed by atoms with E-state index in [0.29, 0.717) is 43.3 Å². The van der Waals surface area contributed by atoms with Crippen LogP contribution in [0.4, 0.5) is 0 Å². The minimum Gasteiger partial charge on any atom is -0.382 e. The first kappa shape index (κ1) is 17.0. The van der Waals surface area contributed by atoms with Crippen molar-refractivity contribution in [2.24, 2.45) is 11.3 Å². The predicted molar refractivity (Wildman–Crippen MR) is 83.8 cm³/mol. The molecule has 1 fully saturated rings. The van der Waals surface area contributed by atoms with Crippen molar-refractivity contribution in [3.8, 4) is 0 Å². The lowest BCUT2D eigenvalue weighted by Gasteiger charge is -2.19. The van der Waals surface area contributed by atoms with Gasteiger partial charge in [0.1, 0.15) is 11.5 Å². The maximum Gasteiger partial charge on any atom is 0.269 e. The maximum atomic E-state index is 12.1. The molecule has 1 heterocycles. The van der Waals surface area contributed by atoms with Gasteiger partial charge in [0.15, 0.2) is 0 Å². The van der Waals surface area contributed by atoms with E-state index in [4.69, 9.17) is 9.47 Å². The lowest BCUT2D eigenvalue weighted by atomic mass is 9.92. The number of ether oxygens (including phenoxy) is 2. The summed E-state index contributed by atoms with van der Waals surface area (Å²) in [6, 6.07) is 0. The van der Waals surface area contributed by atoms with Crippen LogP contribution in [0.15, 0.2) is 6.20 Å². The summed E-state index contributed by atoms with van der Waals surface area (Å²) < 4.78 is 10.3. The molecule has 2 N–H and O–H groups in total. The largest absolute Gasteiger partial charge is 0.382 e. The molecule has 1 aliphatic rings. The molecule has 6 heteroatoms. The van der Waals surface area contributed by atoms with Crippen molar-refractivity contribution >= 4 is 5.91 Å². The number of nitrogens with zero attached hydrogens (tertiary/aromatic N) is 1. The summed E-state index contributed by atoms with van der Waals surface area (Å²) in [6.45, 7) is 6.91. The number of methoxy groups -OCH3 is 1. The Kier molecular flexibility index (Phi) is 5.97. The summed E-state index contributed by atoms with van der Waals surface area (Å²) in [5, 5.41) is 3.02. The number of imidazole rings is 1. The molecule has 0 spiro atoms. The second-order valence-electron chi connectivity index (χ2n) is 6.30. The van der Waals surface area contributed by atoms with Crippen LogP contribution in [0.2, 0.25) is 0 Å². The topological polar surface area (TPSA) is 76.2 Å². The number of aromatic amines is 1. The van der Waals surface area contributed by atoms with Gasteiger partial charge >= 0.3 is 0 Å². The Morgan fingerprint density at radius 3 is 2.82 bits per heavy atom. The van der Waals surface area contributed by atoms with Crippen molar-refractivity contribution in [1.82, 2.24) is 15.3 Å². The van der Waals surface area contributed by atoms with Gasteiger partial charge in [0.05, 0.1) is 26.0 Å². The molecule has 0 atom stereocenters. The highest BCUT2D eigenvalue weighted by Gasteiger charge is 2.45. The second-order valence-corrected chi connectivity index (χ2v) is 6.30. The van der Waals surface area contributed by atoms with E-state index in [1.165, 1.54) is 12.8 Å². The molecule has 2 rings (SSSR count). The van der Waals surface area contributed by atoms with Crippen LogP contribution in [-0.4, -0.2) is 49.4 Å². The van der Waals surface area contributed by atoms with Gasteiger partial charge in [-0.05, 0) is 24.2 Å². The summed E-state index contributed by atoms with van der Waals surface area (Å²) in [5.41, 5.74) is 0.833. The average Bonchev–Trinajstić information content (AvgIpc) is 3.16. The Morgan fingerprint density at radius 2 is 2.18 bits per heavy atom. The van der Waals surface area contributed by atoms with E-state index >= 15 is 0 Å². The van der Waals surface area contributed by atoms with Crippen LogP contribution in [-0.2, 0) is 15.9 Å². The van der Waals surface area contributed by atoms with Crippen molar-refractivity contribution in [3.05, 3.63) is 17.7 Å². The van der Waals surface area contributed by atoms with Crippen LogP contribution in [0.5, 0.6) is 0 Å². The van der Waals surface area contributed by atoms with E-state index in [-0.39, 0.29) is 5.91 Å². The Hall–Kier alpha value is -1.40. The third-order valence-corrected chi connectivity index (χ3v) is 4.51. The molecule has 0 unspecified atom stereocenters. The van der Waals surface area contributed by atoms with Crippen molar-refractivity contribution in [2.75, 3.05) is 33.5 Å². The van der Waals surface area contributed by atoms with Gasteiger partial charge in [0.2, 0.25) is 0 Å². The number of rotatable bonds is 10. The summed E-state index contributed by atoms with van der Waals surface area (Å²) in [4.78, 5) is 19.4. The molecular formula is C16H27N3O3. The molecule has 6 nitrogen and oxygen atoms in total. The zero-order valence-corrected chi connectivity index (χ0v) is 13.8. The molecule has 0 aliphatic heterocycles. The average molecular weight is 309 g/mol. The summed E-state index contributed by atoms with van der Waals surface area (Å²) in [6.07, 6.45) is 4.66. The van der Waals surface area contributed by atoms with E-state index < -0.39 is 0 Å². The number of carbonyl (C=O) groups excluding carboxylic acids is 1. The SMILES string of the molecule is COCCOCCc1ncc(C(=O)NCC2(C(C)C)CC2)[nH]1. The Labute approximate surface area is 132 Å². The van der Waals surface area contributed by atoms with Crippen molar-refractivity contribution in [2.45, 2.75) is 33.1 Å². The first-order valence-corrected chi connectivity index (χ1v) is 7.96. The van der Waals surface area contributed by atoms with Crippen LogP contribution in [0, 0.1) is 11.3 Å². The smallest absolute Gasteiger partial charge is 0.269 e. The minimum atomic E-state index is -0.0778. The normalized spacial score (nSPS) is 16.0. The first-order chi connectivity index (χ1) is 10.6. The molecular weight excluding hydrogens is 282 g/mol. The summed E-state index contributed by atoms with van der Waals surface area (Å²) >= 11 is 0. The van der Waals surface area contributed by atoms with E-state index in [9.17, 15) is 4.79 Å². The lowest BCUT2D eigenvalue weighted by molar-refractivity contribution is 0.0716. The summed E-state index contributed by atoms with van der Waals surface area (Å²) in [5.74, 6) is 1.30. The van der Waals surface area contributed by atoms with Gasteiger partial charge in [-0.1, -0.05) is 13.8 Å². The highest BCUT2D eigenvalue weighted by molar-refractivity contribution is 5.92. The molecule has 1 aliphatic carbocycles. The van der Waals surface area contributed by atoms with Crippen LogP contribution < -0.4 is 5.32 Å². The number of carbonyl (C=O) groups is 1. The Balaban J connectivity index is 1.72. The molecule has 0 saturated heterocycles. The predicted octanol–water partition coefficient (Wildman–Crippen LogP) is 1.78. The highest BCUT2D eigenvalue weighted by atomic mass is 16.5. The van der Waals surface area contributed by atoms with Crippen LogP contribution in [0.1, 0.15) is 43.0 Å². The molecule has 124 valence electrons. The Morgan fingerprint density at radius 1 is 1.41 bits per heavy atom. The third-order valence-electron chi connectivity index (χ3n) is 4.51. The number of aromatic nitrogens is 2. The monoisotopic (exact) mass is 309 g/mol. The van der Waals surface area contributed by atoms with Gasteiger partial charge in [-0.3, -0.25) is 4.79 Å². The molecule has 0 radical (unpaired) electrons. The maximum absolute atomic E-state index is 12.1. The zero-order chi connectivity index (χ0) is 16.0. The molecule has 1 amide bonds. The minimum absolute atomic E-state index is 0.0778. The highest BCUT2D eigenvalue weighted by Crippen LogP contribution is 2.51. The van der Waals surface area contributed by atoms with Crippen LogP contribution in [0.3, 0.4) is 0 Å². The van der Waals surface area contributed by atoms with Crippen LogP contribution in [0.25, 0.3) is 0 Å². The molecule has 1 aromatic rings. The van der Waals surface area contributed by atoms with Gasteiger partial charge in [-0.2, -0.15) is 0 Å². The molecule has 0 aromatic carbocycles. The van der Waals surface area contributed by atoms with E-state index in [0.717, 1.165) is 12.4 Å². The number of H-pyrrole nitrogens is 1. The lowest BCUT2D eigenvalue weighted by Crippen LogP contribution is -2.32. The van der Waals surface area contributed by atoms with Crippen molar-refractivity contribution in [3.63, 3.8) is 0 Å². The third kappa shape index (κ3) is 4.55. The number of hydrogen-bond donors (Lipinski definition) is 2. The summed E-state index contributed by atoms with van der Waals surface area (Å²) in [7, 11) is 1.64. The van der Waals surface area contributed by atoms with Gasteiger partial charge in [-0.15, -0.1) is 0 Å². The van der Waals surface area contributed by atoms with E-state index in [1.54, 1.807) is 13.3 Å². The van der Waals surface area contributed by atoms with E-state index in [2.05, 4.69) is 29.1 Å². The van der Waals surface area contributed by atoms with Gasteiger partial charge in [0, 0.05) is 20.1 Å². The quantitative estimate of drug-likeness (QED) is 0.646. The van der Waals surface area contributed by atoms with Crippen molar-refractivity contribution in [1.29, 1.82) is 0 Å². The van der Waals surface area contributed by atoms with Gasteiger partial charge < -0.3 is 19.8 Å². The number of amides is 1. The van der Waals surface area contributed by atoms with Crippen molar-refractivity contribution < 1.29 is 14.3 Å². The molecule has 1 saturated carbocycles. The second kappa shape index (κ2) is 7.74. The fourth-order valence-electron chi connectivity index (χ4n) is 2.49. The Bertz CT molecular complexity index is 481. The first-order valence-electron chi connectivity index (χ1n) is 7.96. The standard InChI is InChI=1S/C16H27N3O3/c1-12(2)16(5-6-16)11-18-15(20)13-10-17-14(19-13)4-7-22-9-8-21-3/h10,12H,4-9,11H2,1-3H3,(H,17,19)(H,18,20). The number of hydrogen-bond acceptors (Lipinski definition) is 4. The van der Waals surface area contributed by atoms with E-state index in [1.807, 2.05) is 0 Å². The zero-order valence-electron chi connectivity index (χ0n) is 13.8. The fourth-order valence-corrected chi connectivity index (χ4v) is 2.49. The van der Waals surface area contributed by atoms with Gasteiger partial charge in [-0.25, -0.2) is 4.98 Å². The van der Waals surface area contributed by atoms with Gasteiger partial charge in [0.25, 0.3) is 5.91 Å². The van der Waals surface area contributed by atoms with Crippen LogP contribution >= 0.6 is 0 Å². The molecule has 0 bridgehead atoms. The number of nitrogens with one attached hydrogen (secondary N) is 2. The molecule has 22 heavy (non-hydrogen) atoms. The molecule has 1 aromatic heterocycles. The fraction of sp³-hybridized carbons (Fsp3) is 0.750.